The van der Waals surface area contributed by atoms with Crippen LogP contribution < -0.4 is 5.32 Å². The van der Waals surface area contributed by atoms with E-state index < -0.39 is 0 Å². The number of fused-ring (bicyclic) bond motifs is 2. The highest BCUT2D eigenvalue weighted by molar-refractivity contribution is 5.85. The van der Waals surface area contributed by atoms with Crippen LogP contribution in [-0.2, 0) is 6.42 Å². The maximum Gasteiger partial charge on any atom is 0.0519 e. The van der Waals surface area contributed by atoms with Gasteiger partial charge < -0.3 is 5.32 Å². The smallest absolute Gasteiger partial charge is 0.0519 e. The van der Waals surface area contributed by atoms with Gasteiger partial charge >= 0.3 is 0 Å². The summed E-state index contributed by atoms with van der Waals surface area (Å²) >= 11 is 0. The summed E-state index contributed by atoms with van der Waals surface area (Å²) in [4.78, 5) is 0. The zero-order valence-electron chi connectivity index (χ0n) is 11.3. The first-order valence-corrected chi connectivity index (χ1v) is 7.23. The van der Waals surface area contributed by atoms with Gasteiger partial charge in [-0.25, -0.2) is 0 Å². The molecule has 3 aromatic rings. The molecule has 98 valence electrons. The number of hydrogen-bond acceptors (Lipinski definition) is 1. The zero-order chi connectivity index (χ0) is 13.4. The molecule has 1 heteroatoms. The van der Waals surface area contributed by atoms with Gasteiger partial charge in [-0.1, -0.05) is 54.6 Å². The van der Waals surface area contributed by atoms with Crippen LogP contribution in [0.15, 0.2) is 66.7 Å². The first-order chi connectivity index (χ1) is 9.90. The molecule has 0 saturated heterocycles. The van der Waals surface area contributed by atoms with E-state index in [-0.39, 0.29) is 0 Å². The second-order valence-electron chi connectivity index (χ2n) is 5.50. The molecule has 3 aromatic carbocycles. The molecule has 0 spiro atoms. The van der Waals surface area contributed by atoms with Gasteiger partial charge in [0.15, 0.2) is 0 Å². The van der Waals surface area contributed by atoms with Crippen LogP contribution in [0, 0.1) is 0 Å². The van der Waals surface area contributed by atoms with E-state index in [1.165, 1.54) is 40.4 Å². The summed E-state index contributed by atoms with van der Waals surface area (Å²) < 4.78 is 0. The van der Waals surface area contributed by atoms with Gasteiger partial charge in [0.1, 0.15) is 0 Å². The van der Waals surface area contributed by atoms with Crippen molar-refractivity contribution in [3.63, 3.8) is 0 Å². The molecule has 1 N–H and O–H groups in total. The minimum atomic E-state index is 0.451. The van der Waals surface area contributed by atoms with Crippen molar-refractivity contribution >= 4 is 16.5 Å². The Morgan fingerprint density at radius 1 is 0.800 bits per heavy atom. The Kier molecular flexibility index (Phi) is 2.70. The maximum atomic E-state index is 3.69. The van der Waals surface area contributed by atoms with Crippen molar-refractivity contribution in [2.75, 3.05) is 5.32 Å². The monoisotopic (exact) mass is 259 g/mol. The quantitative estimate of drug-likeness (QED) is 0.687. The third kappa shape index (κ3) is 1.96. The Morgan fingerprint density at radius 2 is 1.60 bits per heavy atom. The van der Waals surface area contributed by atoms with Crippen LogP contribution in [0.5, 0.6) is 0 Å². The van der Waals surface area contributed by atoms with Gasteiger partial charge in [-0.3, -0.25) is 0 Å². The van der Waals surface area contributed by atoms with Crippen molar-refractivity contribution in [3.8, 4) is 0 Å². The normalized spacial score (nSPS) is 17.1. The van der Waals surface area contributed by atoms with E-state index in [4.69, 9.17) is 0 Å². The van der Waals surface area contributed by atoms with Gasteiger partial charge in [0, 0.05) is 5.69 Å². The predicted molar refractivity (Wildman–Crippen MR) is 85.1 cm³/mol. The van der Waals surface area contributed by atoms with E-state index in [2.05, 4.69) is 72.0 Å². The average molecular weight is 259 g/mol. The topological polar surface area (TPSA) is 12.0 Å². The minimum Gasteiger partial charge on any atom is -0.378 e. The molecule has 1 aliphatic carbocycles. The SMILES string of the molecule is c1ccc2c(c1)CCC2Nc1ccc2ccccc2c1. The lowest BCUT2D eigenvalue weighted by Crippen LogP contribution is -2.06. The van der Waals surface area contributed by atoms with Gasteiger partial charge in [0.05, 0.1) is 6.04 Å². The van der Waals surface area contributed by atoms with Crippen molar-refractivity contribution < 1.29 is 0 Å². The lowest BCUT2D eigenvalue weighted by Gasteiger charge is -2.16. The van der Waals surface area contributed by atoms with Gasteiger partial charge in [-0.2, -0.15) is 0 Å². The summed E-state index contributed by atoms with van der Waals surface area (Å²) in [5.74, 6) is 0. The molecule has 0 bridgehead atoms. The Balaban J connectivity index is 1.65. The van der Waals surface area contributed by atoms with E-state index in [1.54, 1.807) is 0 Å². The number of nitrogens with one attached hydrogen (secondary N) is 1. The molecule has 0 aromatic heterocycles. The third-order valence-corrected chi connectivity index (χ3v) is 4.22. The Morgan fingerprint density at radius 3 is 2.55 bits per heavy atom. The van der Waals surface area contributed by atoms with Crippen LogP contribution in [-0.4, -0.2) is 0 Å². The number of benzene rings is 3. The fraction of sp³-hybridized carbons (Fsp3) is 0.158. The number of hydrogen-bond donors (Lipinski definition) is 1. The molecule has 20 heavy (non-hydrogen) atoms. The lowest BCUT2D eigenvalue weighted by atomic mass is 10.1. The Hall–Kier alpha value is -2.28. The van der Waals surface area contributed by atoms with Crippen LogP contribution in [0.3, 0.4) is 0 Å². The molecule has 0 fully saturated rings. The molecule has 1 nitrogen and oxygen atoms in total. The molecule has 1 aliphatic rings. The predicted octanol–water partition coefficient (Wildman–Crippen LogP) is 4.94. The average Bonchev–Trinajstić information content (AvgIpc) is 2.91. The fourth-order valence-corrected chi connectivity index (χ4v) is 3.19. The molecule has 1 unspecified atom stereocenters. The summed E-state index contributed by atoms with van der Waals surface area (Å²) in [5, 5.41) is 6.28. The standard InChI is InChI=1S/C19H17N/c1-2-7-16-13-17(11-9-14(16)5-1)20-19-12-10-15-6-3-4-8-18(15)19/h1-9,11,13,19-20H,10,12H2. The van der Waals surface area contributed by atoms with Crippen LogP contribution in [0.25, 0.3) is 10.8 Å². The van der Waals surface area contributed by atoms with Gasteiger partial charge in [0.2, 0.25) is 0 Å². The summed E-state index contributed by atoms with van der Waals surface area (Å²) in [5.41, 5.74) is 4.16. The van der Waals surface area contributed by atoms with Gasteiger partial charge in [-0.15, -0.1) is 0 Å². The largest absolute Gasteiger partial charge is 0.378 e. The van der Waals surface area contributed by atoms with Crippen molar-refractivity contribution in [2.45, 2.75) is 18.9 Å². The van der Waals surface area contributed by atoms with E-state index in [0.717, 1.165) is 0 Å². The van der Waals surface area contributed by atoms with E-state index >= 15 is 0 Å². The molecule has 0 saturated carbocycles. The molecular weight excluding hydrogens is 242 g/mol. The first kappa shape index (κ1) is 11.5. The molecule has 0 radical (unpaired) electrons. The van der Waals surface area contributed by atoms with E-state index in [0.29, 0.717) is 6.04 Å². The Bertz CT molecular complexity index is 760. The van der Waals surface area contributed by atoms with Crippen molar-refractivity contribution in [3.05, 3.63) is 77.9 Å². The van der Waals surface area contributed by atoms with Gasteiger partial charge in [-0.05, 0) is 46.9 Å². The number of rotatable bonds is 2. The van der Waals surface area contributed by atoms with E-state index in [1.807, 2.05) is 0 Å². The summed E-state index contributed by atoms with van der Waals surface area (Å²) in [6, 6.07) is 24.4. The Labute approximate surface area is 119 Å². The van der Waals surface area contributed by atoms with Crippen LogP contribution in [0.1, 0.15) is 23.6 Å². The highest BCUT2D eigenvalue weighted by Gasteiger charge is 2.21. The molecule has 0 aliphatic heterocycles. The highest BCUT2D eigenvalue weighted by Crippen LogP contribution is 2.34. The van der Waals surface area contributed by atoms with Crippen molar-refractivity contribution in [2.24, 2.45) is 0 Å². The third-order valence-electron chi connectivity index (χ3n) is 4.22. The van der Waals surface area contributed by atoms with E-state index in [9.17, 15) is 0 Å². The van der Waals surface area contributed by atoms with Crippen molar-refractivity contribution in [1.82, 2.24) is 0 Å². The number of aryl methyl sites for hydroxylation is 1. The highest BCUT2D eigenvalue weighted by atomic mass is 14.9. The maximum absolute atomic E-state index is 3.69. The molecular formula is C19H17N. The molecule has 0 heterocycles. The van der Waals surface area contributed by atoms with Crippen LogP contribution in [0.2, 0.25) is 0 Å². The van der Waals surface area contributed by atoms with Crippen LogP contribution in [0.4, 0.5) is 5.69 Å². The first-order valence-electron chi connectivity index (χ1n) is 7.23. The summed E-state index contributed by atoms with van der Waals surface area (Å²) in [6.45, 7) is 0. The second-order valence-corrected chi connectivity index (χ2v) is 5.50. The fourth-order valence-electron chi connectivity index (χ4n) is 3.19. The second kappa shape index (κ2) is 4.68. The van der Waals surface area contributed by atoms with Crippen LogP contribution >= 0.6 is 0 Å². The molecule has 4 rings (SSSR count). The molecule has 0 amide bonds. The summed E-state index contributed by atoms with van der Waals surface area (Å²) in [6.07, 6.45) is 2.37. The van der Waals surface area contributed by atoms with Crippen molar-refractivity contribution in [1.29, 1.82) is 0 Å². The lowest BCUT2D eigenvalue weighted by molar-refractivity contribution is 0.762. The summed E-state index contributed by atoms with van der Waals surface area (Å²) in [7, 11) is 0. The zero-order valence-corrected chi connectivity index (χ0v) is 11.3. The molecule has 1 atom stereocenters. The number of anilines is 1. The minimum absolute atomic E-state index is 0.451. The van der Waals surface area contributed by atoms with Gasteiger partial charge in [0.25, 0.3) is 0 Å².